The molecule has 2 aromatic rings. The van der Waals surface area contributed by atoms with Crippen molar-refractivity contribution in [3.8, 4) is 0 Å². The van der Waals surface area contributed by atoms with Crippen molar-refractivity contribution in [1.29, 1.82) is 0 Å². The molecule has 0 unspecified atom stereocenters. The molecule has 14 nitrogen and oxygen atoms in total. The molecule has 0 spiro atoms. The maximum absolute atomic E-state index is 6.16. The first-order valence-corrected chi connectivity index (χ1v) is 21.4. The molecule has 0 saturated heterocycles. The number of aromatic nitrogens is 6. The molecule has 0 aromatic carbocycles. The molecule has 0 radical (unpaired) electrons. The van der Waals surface area contributed by atoms with Crippen molar-refractivity contribution < 1.29 is 26.6 Å². The first-order valence-electron chi connectivity index (χ1n) is 17.5. The van der Waals surface area contributed by atoms with E-state index in [0.29, 0.717) is 64.6 Å². The SMILES string of the molecule is CCO[Si](CCCn1nc(CCCCCCCCc2nc(N)n(CCC[Si](OCC)(OCC)OCC)n2)nc1N)(OCC)OCC. The average molecular weight is 687 g/mol. The topological polar surface area (TPSA) is 169 Å². The number of hydrogen-bond donors (Lipinski definition) is 2. The summed E-state index contributed by atoms with van der Waals surface area (Å²) < 4.78 is 39.3. The Labute approximate surface area is 278 Å². The van der Waals surface area contributed by atoms with Crippen LogP contribution in [-0.2, 0) is 52.5 Å². The van der Waals surface area contributed by atoms with E-state index in [4.69, 9.17) is 38.0 Å². The Kier molecular flexibility index (Phi) is 19.8. The minimum absolute atomic E-state index is 0.458. The third-order valence-electron chi connectivity index (χ3n) is 7.43. The number of hydrogen-bond acceptors (Lipinski definition) is 12. The van der Waals surface area contributed by atoms with Gasteiger partial charge in [0.1, 0.15) is 0 Å². The first-order chi connectivity index (χ1) is 22.3. The maximum Gasteiger partial charge on any atom is 0.500 e. The molecule has 2 aromatic heterocycles. The van der Waals surface area contributed by atoms with Gasteiger partial charge in [0, 0.05) is 77.7 Å². The van der Waals surface area contributed by atoms with Crippen LogP contribution in [0.2, 0.25) is 12.1 Å². The molecule has 0 atom stereocenters. The third kappa shape index (κ3) is 14.1. The minimum Gasteiger partial charge on any atom is -0.374 e. The summed E-state index contributed by atoms with van der Waals surface area (Å²) in [6, 6.07) is 1.45. The quantitative estimate of drug-likeness (QED) is 0.0865. The fraction of sp³-hybridized carbons (Fsp3) is 0.867. The summed E-state index contributed by atoms with van der Waals surface area (Å²) in [6.07, 6.45) is 9.97. The van der Waals surface area contributed by atoms with Crippen LogP contribution in [-0.4, -0.2) is 86.8 Å². The second kappa shape index (κ2) is 22.6. The molecular formula is C30H62N8O6Si2. The number of anilines is 2. The largest absolute Gasteiger partial charge is 0.500 e. The average Bonchev–Trinajstić information content (AvgIpc) is 3.55. The van der Waals surface area contributed by atoms with E-state index in [1.165, 1.54) is 12.8 Å². The van der Waals surface area contributed by atoms with Crippen molar-refractivity contribution in [2.24, 2.45) is 0 Å². The zero-order chi connectivity index (χ0) is 33.7. The highest BCUT2D eigenvalue weighted by Gasteiger charge is 2.40. The lowest BCUT2D eigenvalue weighted by Gasteiger charge is -2.28. The second-order valence-corrected chi connectivity index (χ2v) is 16.5. The zero-order valence-corrected chi connectivity index (χ0v) is 31.4. The van der Waals surface area contributed by atoms with Gasteiger partial charge in [0.15, 0.2) is 11.6 Å². The van der Waals surface area contributed by atoms with E-state index in [1.807, 2.05) is 41.5 Å². The zero-order valence-electron chi connectivity index (χ0n) is 29.4. The molecule has 4 N–H and O–H groups in total. The van der Waals surface area contributed by atoms with Gasteiger partial charge in [-0.2, -0.15) is 20.2 Å². The smallest absolute Gasteiger partial charge is 0.374 e. The van der Waals surface area contributed by atoms with Crippen LogP contribution in [0.5, 0.6) is 0 Å². The van der Waals surface area contributed by atoms with Gasteiger partial charge in [0.05, 0.1) is 0 Å². The van der Waals surface area contributed by atoms with E-state index in [0.717, 1.165) is 75.1 Å². The molecule has 16 heteroatoms. The van der Waals surface area contributed by atoms with Crippen molar-refractivity contribution in [3.63, 3.8) is 0 Å². The van der Waals surface area contributed by atoms with Crippen LogP contribution in [0.1, 0.15) is 105 Å². The fourth-order valence-electron chi connectivity index (χ4n) is 5.51. The molecule has 2 rings (SSSR count). The van der Waals surface area contributed by atoms with Gasteiger partial charge in [-0.3, -0.25) is 0 Å². The summed E-state index contributed by atoms with van der Waals surface area (Å²) in [5.41, 5.74) is 12.3. The second-order valence-electron chi connectivity index (χ2n) is 11.0. The Balaban J connectivity index is 1.65. The van der Waals surface area contributed by atoms with Crippen LogP contribution in [0.15, 0.2) is 0 Å². The number of unbranched alkanes of at least 4 members (excludes halogenated alkanes) is 5. The Morgan fingerprint density at radius 2 is 0.783 bits per heavy atom. The number of nitrogen functional groups attached to an aromatic ring is 2. The van der Waals surface area contributed by atoms with Crippen molar-refractivity contribution in [2.75, 3.05) is 51.1 Å². The van der Waals surface area contributed by atoms with Crippen LogP contribution in [0.4, 0.5) is 11.9 Å². The van der Waals surface area contributed by atoms with Gasteiger partial charge in [-0.25, -0.2) is 9.36 Å². The summed E-state index contributed by atoms with van der Waals surface area (Å²) >= 11 is 0. The first kappa shape index (κ1) is 40.2. The highest BCUT2D eigenvalue weighted by Crippen LogP contribution is 2.21. The Morgan fingerprint density at radius 3 is 1.09 bits per heavy atom. The molecule has 46 heavy (non-hydrogen) atoms. The Bertz CT molecular complexity index is 960. The predicted octanol–water partition coefficient (Wildman–Crippen LogP) is 5.04. The lowest BCUT2D eigenvalue weighted by molar-refractivity contribution is 0.0696. The summed E-state index contributed by atoms with van der Waals surface area (Å²) in [6.45, 7) is 16.6. The van der Waals surface area contributed by atoms with Gasteiger partial charge in [0.2, 0.25) is 11.9 Å². The summed E-state index contributed by atoms with van der Waals surface area (Å²) in [4.78, 5) is 8.97. The molecule has 0 fully saturated rings. The maximum atomic E-state index is 6.16. The van der Waals surface area contributed by atoms with Crippen LogP contribution < -0.4 is 11.5 Å². The van der Waals surface area contributed by atoms with E-state index >= 15 is 0 Å². The standard InChI is InChI=1S/C30H62N8O6Si2/c1-7-39-45(40-8-2,41-9-3)25-19-23-37-29(31)33-27(35-37)21-17-15-13-14-16-18-22-28-34-30(32)38(36-28)24-20-26-46(42-10-4,43-11-5)44-12-6/h7-26H2,1-6H3,(H2,31,33,35)(H2,32,34,36). The molecule has 0 aliphatic rings. The highest BCUT2D eigenvalue weighted by atomic mass is 28.4. The van der Waals surface area contributed by atoms with Crippen LogP contribution >= 0.6 is 0 Å². The summed E-state index contributed by atoms with van der Waals surface area (Å²) in [7, 11) is -5.33. The Hall–Kier alpha value is -1.93. The van der Waals surface area contributed by atoms with Gasteiger partial charge in [0.25, 0.3) is 0 Å². The van der Waals surface area contributed by atoms with Gasteiger partial charge < -0.3 is 38.0 Å². The molecule has 266 valence electrons. The monoisotopic (exact) mass is 686 g/mol. The van der Waals surface area contributed by atoms with E-state index < -0.39 is 17.6 Å². The highest BCUT2D eigenvalue weighted by molar-refractivity contribution is 6.61. The van der Waals surface area contributed by atoms with Crippen LogP contribution in [0.25, 0.3) is 0 Å². The number of nitrogens with two attached hydrogens (primary N) is 2. The van der Waals surface area contributed by atoms with Gasteiger partial charge in [-0.05, 0) is 67.2 Å². The van der Waals surface area contributed by atoms with Crippen LogP contribution in [0.3, 0.4) is 0 Å². The van der Waals surface area contributed by atoms with Crippen molar-refractivity contribution in [3.05, 3.63) is 11.6 Å². The van der Waals surface area contributed by atoms with E-state index in [-0.39, 0.29) is 0 Å². The predicted molar refractivity (Wildman–Crippen MR) is 184 cm³/mol. The number of aryl methyl sites for hydroxylation is 4. The van der Waals surface area contributed by atoms with E-state index in [9.17, 15) is 0 Å². The minimum atomic E-state index is -2.67. The fourth-order valence-corrected chi connectivity index (χ4v) is 10.7. The van der Waals surface area contributed by atoms with Crippen molar-refractivity contribution in [1.82, 2.24) is 29.5 Å². The molecule has 0 aliphatic carbocycles. The molecule has 0 amide bonds. The third-order valence-corrected chi connectivity index (χ3v) is 13.7. The Morgan fingerprint density at radius 1 is 0.478 bits per heavy atom. The summed E-state index contributed by atoms with van der Waals surface area (Å²) in [5.74, 6) is 2.53. The molecule has 0 bridgehead atoms. The van der Waals surface area contributed by atoms with Gasteiger partial charge in [-0.15, -0.1) is 0 Å². The number of nitrogens with zero attached hydrogens (tertiary/aromatic N) is 6. The van der Waals surface area contributed by atoms with Gasteiger partial charge >= 0.3 is 17.6 Å². The molecule has 2 heterocycles. The number of rotatable bonds is 29. The van der Waals surface area contributed by atoms with Crippen LogP contribution in [0, 0.1) is 0 Å². The van der Waals surface area contributed by atoms with Gasteiger partial charge in [-0.1, -0.05) is 25.7 Å². The lowest BCUT2D eigenvalue weighted by Crippen LogP contribution is -2.46. The van der Waals surface area contributed by atoms with Crippen molar-refractivity contribution >= 4 is 29.5 Å². The molecule has 0 saturated carbocycles. The molecular weight excluding hydrogens is 625 g/mol. The molecule has 0 aliphatic heterocycles. The van der Waals surface area contributed by atoms with Crippen molar-refractivity contribution in [2.45, 2.75) is 131 Å². The van der Waals surface area contributed by atoms with E-state index in [2.05, 4.69) is 20.2 Å². The van der Waals surface area contributed by atoms with E-state index in [1.54, 1.807) is 9.36 Å². The normalized spacial score (nSPS) is 12.4. The summed E-state index contributed by atoms with van der Waals surface area (Å²) in [5, 5.41) is 9.29. The lowest BCUT2D eigenvalue weighted by atomic mass is 10.1.